The van der Waals surface area contributed by atoms with Crippen LogP contribution in [-0.2, 0) is 4.79 Å². The Hall–Kier alpha value is -1.38. The second-order valence-corrected chi connectivity index (χ2v) is 2.03. The lowest BCUT2D eigenvalue weighted by atomic mass is 10.2. The molecular formula is C8H11NO2. The van der Waals surface area contributed by atoms with Crippen molar-refractivity contribution in [1.82, 2.24) is 0 Å². The standard InChI is InChI=1S/C8H11NO2/c1-6(8(10)11)4-5-7(2)9-3/h4-5H,1H2,2-3H3,(H,10,11)/b5-4-,9-7?. The molecule has 0 heterocycles. The number of carbonyl (C=O) groups is 1. The lowest BCUT2D eigenvalue weighted by Crippen LogP contribution is -1.95. The summed E-state index contributed by atoms with van der Waals surface area (Å²) < 4.78 is 0. The number of carboxylic acid groups (broad SMARTS) is 1. The van der Waals surface area contributed by atoms with Crippen molar-refractivity contribution in [2.75, 3.05) is 7.05 Å². The number of hydrogen-bond donors (Lipinski definition) is 1. The van der Waals surface area contributed by atoms with Gasteiger partial charge in [-0.05, 0) is 19.1 Å². The van der Waals surface area contributed by atoms with E-state index in [9.17, 15) is 4.79 Å². The third-order valence-corrected chi connectivity index (χ3v) is 1.15. The maximum atomic E-state index is 10.2. The van der Waals surface area contributed by atoms with Crippen LogP contribution in [0.25, 0.3) is 0 Å². The minimum Gasteiger partial charge on any atom is -0.478 e. The molecule has 3 nitrogen and oxygen atoms in total. The number of allylic oxidation sites excluding steroid dienone is 1. The van der Waals surface area contributed by atoms with Gasteiger partial charge >= 0.3 is 5.97 Å². The predicted octanol–water partition coefficient (Wildman–Crippen LogP) is 1.27. The number of hydrogen-bond acceptors (Lipinski definition) is 2. The molecule has 0 amide bonds. The molecule has 0 unspecified atom stereocenters. The Morgan fingerprint density at radius 2 is 2.09 bits per heavy atom. The largest absolute Gasteiger partial charge is 0.478 e. The summed E-state index contributed by atoms with van der Waals surface area (Å²) in [5.74, 6) is -1.01. The smallest absolute Gasteiger partial charge is 0.335 e. The monoisotopic (exact) mass is 153 g/mol. The lowest BCUT2D eigenvalue weighted by Gasteiger charge is -1.89. The molecule has 0 saturated heterocycles. The van der Waals surface area contributed by atoms with Gasteiger partial charge in [0.25, 0.3) is 0 Å². The van der Waals surface area contributed by atoms with Crippen molar-refractivity contribution in [3.8, 4) is 0 Å². The molecule has 1 N–H and O–H groups in total. The number of aliphatic imine (C=N–C) groups is 1. The van der Waals surface area contributed by atoms with Crippen molar-refractivity contribution in [1.29, 1.82) is 0 Å². The Bertz CT molecular complexity index is 226. The van der Waals surface area contributed by atoms with E-state index in [4.69, 9.17) is 5.11 Å². The van der Waals surface area contributed by atoms with Gasteiger partial charge in [-0.3, -0.25) is 4.99 Å². The summed E-state index contributed by atoms with van der Waals surface area (Å²) in [4.78, 5) is 14.0. The van der Waals surface area contributed by atoms with Crippen LogP contribution in [0.3, 0.4) is 0 Å². The van der Waals surface area contributed by atoms with E-state index in [0.29, 0.717) is 0 Å². The molecule has 3 heteroatoms. The van der Waals surface area contributed by atoms with E-state index in [-0.39, 0.29) is 5.57 Å². The molecule has 0 aliphatic carbocycles. The fraction of sp³-hybridized carbons (Fsp3) is 0.250. The Balaban J connectivity index is 4.15. The van der Waals surface area contributed by atoms with Gasteiger partial charge in [0, 0.05) is 12.8 Å². The highest BCUT2D eigenvalue weighted by Crippen LogP contribution is 1.92. The topological polar surface area (TPSA) is 49.7 Å². The van der Waals surface area contributed by atoms with Crippen molar-refractivity contribution in [3.63, 3.8) is 0 Å². The van der Waals surface area contributed by atoms with Gasteiger partial charge in [-0.15, -0.1) is 0 Å². The number of carboxylic acids is 1. The highest BCUT2D eigenvalue weighted by atomic mass is 16.4. The molecule has 0 bridgehead atoms. The van der Waals surface area contributed by atoms with Gasteiger partial charge in [0.05, 0.1) is 5.57 Å². The molecule has 0 atom stereocenters. The van der Waals surface area contributed by atoms with Crippen LogP contribution >= 0.6 is 0 Å². The first-order valence-electron chi connectivity index (χ1n) is 3.11. The van der Waals surface area contributed by atoms with Crippen LogP contribution in [0, 0.1) is 0 Å². The van der Waals surface area contributed by atoms with E-state index in [1.807, 2.05) is 0 Å². The first-order chi connectivity index (χ1) is 5.07. The van der Waals surface area contributed by atoms with E-state index in [1.54, 1.807) is 20.0 Å². The van der Waals surface area contributed by atoms with Crippen LogP contribution in [0.15, 0.2) is 29.3 Å². The van der Waals surface area contributed by atoms with Gasteiger partial charge in [0.1, 0.15) is 0 Å². The second kappa shape index (κ2) is 4.44. The van der Waals surface area contributed by atoms with Crippen molar-refractivity contribution < 1.29 is 9.90 Å². The highest BCUT2D eigenvalue weighted by Gasteiger charge is 1.96. The molecule has 0 spiro atoms. The van der Waals surface area contributed by atoms with Gasteiger partial charge in [-0.1, -0.05) is 6.58 Å². The molecule has 11 heavy (non-hydrogen) atoms. The second-order valence-electron chi connectivity index (χ2n) is 2.03. The summed E-state index contributed by atoms with van der Waals surface area (Å²) in [6.07, 6.45) is 3.03. The molecule has 0 aromatic heterocycles. The number of aliphatic carboxylic acids is 1. The maximum Gasteiger partial charge on any atom is 0.335 e. The first-order valence-corrected chi connectivity index (χ1v) is 3.11. The van der Waals surface area contributed by atoms with Crippen molar-refractivity contribution in [3.05, 3.63) is 24.3 Å². The minimum atomic E-state index is -1.01. The lowest BCUT2D eigenvalue weighted by molar-refractivity contribution is -0.132. The Kier molecular flexibility index (Phi) is 3.88. The summed E-state index contributed by atoms with van der Waals surface area (Å²) in [5.41, 5.74) is 0.834. The summed E-state index contributed by atoms with van der Waals surface area (Å²) in [5, 5.41) is 8.38. The van der Waals surface area contributed by atoms with Crippen molar-refractivity contribution >= 4 is 11.7 Å². The van der Waals surface area contributed by atoms with Crippen LogP contribution in [-0.4, -0.2) is 23.8 Å². The maximum absolute atomic E-state index is 10.2. The van der Waals surface area contributed by atoms with Crippen LogP contribution in [0.4, 0.5) is 0 Å². The zero-order chi connectivity index (χ0) is 8.85. The van der Waals surface area contributed by atoms with E-state index < -0.39 is 5.97 Å². The summed E-state index contributed by atoms with van der Waals surface area (Å²) in [7, 11) is 1.64. The zero-order valence-electron chi connectivity index (χ0n) is 6.66. The Morgan fingerprint density at radius 1 is 1.55 bits per heavy atom. The molecule has 0 fully saturated rings. The van der Waals surface area contributed by atoms with Crippen molar-refractivity contribution in [2.45, 2.75) is 6.92 Å². The fourth-order valence-electron chi connectivity index (χ4n) is 0.367. The predicted molar refractivity (Wildman–Crippen MR) is 44.9 cm³/mol. The quantitative estimate of drug-likeness (QED) is 0.377. The summed E-state index contributed by atoms with van der Waals surface area (Å²) in [6, 6.07) is 0. The molecular weight excluding hydrogens is 142 g/mol. The fourth-order valence-corrected chi connectivity index (χ4v) is 0.367. The average molecular weight is 153 g/mol. The van der Waals surface area contributed by atoms with Crippen molar-refractivity contribution in [2.24, 2.45) is 4.99 Å². The molecule has 0 aliphatic rings. The molecule has 0 aromatic carbocycles. The van der Waals surface area contributed by atoms with Gasteiger partial charge in [-0.2, -0.15) is 0 Å². The molecule has 0 rings (SSSR count). The van der Waals surface area contributed by atoms with E-state index in [0.717, 1.165) is 5.71 Å². The molecule has 60 valence electrons. The highest BCUT2D eigenvalue weighted by molar-refractivity contribution is 5.96. The number of nitrogens with zero attached hydrogens (tertiary/aromatic N) is 1. The average Bonchev–Trinajstić information content (AvgIpc) is 1.99. The Morgan fingerprint density at radius 3 is 2.45 bits per heavy atom. The third-order valence-electron chi connectivity index (χ3n) is 1.15. The normalized spacial score (nSPS) is 12.0. The molecule has 0 aliphatic heterocycles. The van der Waals surface area contributed by atoms with Gasteiger partial charge in [0.15, 0.2) is 0 Å². The minimum absolute atomic E-state index is 0.0630. The van der Waals surface area contributed by atoms with Gasteiger partial charge < -0.3 is 5.11 Å². The molecule has 0 radical (unpaired) electrons. The third kappa shape index (κ3) is 4.08. The van der Waals surface area contributed by atoms with E-state index in [2.05, 4.69) is 11.6 Å². The number of rotatable bonds is 3. The van der Waals surface area contributed by atoms with Crippen LogP contribution in [0.2, 0.25) is 0 Å². The van der Waals surface area contributed by atoms with Gasteiger partial charge in [0.2, 0.25) is 0 Å². The van der Waals surface area contributed by atoms with E-state index >= 15 is 0 Å². The Labute approximate surface area is 65.8 Å². The molecule has 0 saturated carbocycles. The summed E-state index contributed by atoms with van der Waals surface area (Å²) in [6.45, 7) is 5.10. The SMILES string of the molecule is C=C(/C=C\C(C)=NC)C(=O)O. The van der Waals surface area contributed by atoms with Gasteiger partial charge in [-0.25, -0.2) is 4.79 Å². The molecule has 0 aromatic rings. The summed E-state index contributed by atoms with van der Waals surface area (Å²) >= 11 is 0. The van der Waals surface area contributed by atoms with Crippen LogP contribution < -0.4 is 0 Å². The van der Waals surface area contributed by atoms with Crippen LogP contribution in [0.1, 0.15) is 6.92 Å². The van der Waals surface area contributed by atoms with E-state index in [1.165, 1.54) is 6.08 Å². The first kappa shape index (κ1) is 9.62. The van der Waals surface area contributed by atoms with Crippen LogP contribution in [0.5, 0.6) is 0 Å². The zero-order valence-corrected chi connectivity index (χ0v) is 6.66.